The van der Waals surface area contributed by atoms with E-state index in [0.29, 0.717) is 48.1 Å². The smallest absolute Gasteiger partial charge is 0.432 e. The monoisotopic (exact) mass is 658 g/mol. The molecule has 0 bridgehead atoms. The standard InChI is InChI=1S/C38H49F3O6/c1-24(15-16-26-21-29(45-7)20-25(2)31(26)42)19-27-22-35(5)17-12-18-36(35,6)32(30(27)23-34(3,4)44)47-33(43)37(46-8,38(39,40)41)28-13-10-9-11-14-28/h9-11,13-15,20-21,32,42,44H,12,16-19,22-23H2,1-8H3/b24-15+/t32-,35-,36-,37?/m1/s1. The molecule has 4 rings (SSSR count). The number of aliphatic hydroxyl groups is 1. The largest absolute Gasteiger partial charge is 0.507 e. The molecule has 0 heterocycles. The molecule has 0 spiro atoms. The number of hydrogen-bond donors (Lipinski definition) is 2. The summed E-state index contributed by atoms with van der Waals surface area (Å²) in [5.74, 6) is -0.687. The number of alkyl halides is 3. The van der Waals surface area contributed by atoms with E-state index in [1.54, 1.807) is 39.2 Å². The average molecular weight is 659 g/mol. The van der Waals surface area contributed by atoms with Crippen molar-refractivity contribution >= 4 is 5.97 Å². The first-order chi connectivity index (χ1) is 21.8. The van der Waals surface area contributed by atoms with Crippen LogP contribution in [0.4, 0.5) is 13.2 Å². The Morgan fingerprint density at radius 3 is 2.32 bits per heavy atom. The van der Waals surface area contributed by atoms with Crippen LogP contribution in [0.1, 0.15) is 89.8 Å². The second-order valence-corrected chi connectivity index (χ2v) is 14.5. The first-order valence-corrected chi connectivity index (χ1v) is 16.2. The molecule has 2 aliphatic carbocycles. The molecule has 9 heteroatoms. The minimum absolute atomic E-state index is 0.117. The van der Waals surface area contributed by atoms with Crippen molar-refractivity contribution in [2.75, 3.05) is 14.2 Å². The van der Waals surface area contributed by atoms with Crippen molar-refractivity contribution in [2.24, 2.45) is 10.8 Å². The Morgan fingerprint density at radius 1 is 1.09 bits per heavy atom. The van der Waals surface area contributed by atoms with Gasteiger partial charge in [0.2, 0.25) is 0 Å². The van der Waals surface area contributed by atoms with Gasteiger partial charge in [0.25, 0.3) is 5.60 Å². The summed E-state index contributed by atoms with van der Waals surface area (Å²) in [5.41, 5.74) is -1.96. The van der Waals surface area contributed by atoms with Crippen LogP contribution in [-0.4, -0.2) is 48.3 Å². The quantitative estimate of drug-likeness (QED) is 0.186. The van der Waals surface area contributed by atoms with Crippen molar-refractivity contribution in [1.29, 1.82) is 0 Å². The zero-order valence-electron chi connectivity index (χ0n) is 28.8. The van der Waals surface area contributed by atoms with E-state index in [4.69, 9.17) is 14.2 Å². The Labute approximate surface area is 276 Å². The van der Waals surface area contributed by atoms with Crippen LogP contribution in [0.2, 0.25) is 0 Å². The number of carbonyl (C=O) groups excluding carboxylic acids is 1. The van der Waals surface area contributed by atoms with Crippen LogP contribution in [-0.2, 0) is 26.3 Å². The molecule has 0 aliphatic heterocycles. The number of phenols is 1. The summed E-state index contributed by atoms with van der Waals surface area (Å²) in [6.45, 7) is 11.2. The van der Waals surface area contributed by atoms with Crippen molar-refractivity contribution < 1.29 is 42.4 Å². The van der Waals surface area contributed by atoms with Crippen molar-refractivity contribution in [3.63, 3.8) is 0 Å². The number of allylic oxidation sites excluding steroid dienone is 3. The number of halogens is 3. The van der Waals surface area contributed by atoms with Gasteiger partial charge in [0, 0.05) is 30.1 Å². The van der Waals surface area contributed by atoms with Gasteiger partial charge in [-0.3, -0.25) is 0 Å². The van der Waals surface area contributed by atoms with Gasteiger partial charge in [-0.15, -0.1) is 0 Å². The minimum Gasteiger partial charge on any atom is -0.507 e. The number of benzene rings is 2. The summed E-state index contributed by atoms with van der Waals surface area (Å²) in [6.07, 6.45) is -0.105. The van der Waals surface area contributed by atoms with Crippen LogP contribution < -0.4 is 4.74 Å². The number of aryl methyl sites for hydroxylation is 1. The predicted octanol–water partition coefficient (Wildman–Crippen LogP) is 8.66. The molecule has 2 aromatic rings. The van der Waals surface area contributed by atoms with Crippen molar-refractivity contribution in [2.45, 2.75) is 110 Å². The lowest BCUT2D eigenvalue weighted by Gasteiger charge is -2.52. The Bertz CT molecular complexity index is 1520. The number of esters is 1. The van der Waals surface area contributed by atoms with E-state index >= 15 is 0 Å². The lowest BCUT2D eigenvalue weighted by Crippen LogP contribution is -2.56. The molecule has 2 aromatic carbocycles. The molecule has 1 fully saturated rings. The molecule has 0 aromatic heterocycles. The molecule has 47 heavy (non-hydrogen) atoms. The second-order valence-electron chi connectivity index (χ2n) is 14.5. The van der Waals surface area contributed by atoms with Gasteiger partial charge in [-0.25, -0.2) is 4.79 Å². The van der Waals surface area contributed by atoms with E-state index < -0.39 is 34.9 Å². The van der Waals surface area contributed by atoms with E-state index in [-0.39, 0.29) is 23.1 Å². The maximum atomic E-state index is 14.9. The number of fused-ring (bicyclic) bond motifs is 1. The third kappa shape index (κ3) is 6.98. The summed E-state index contributed by atoms with van der Waals surface area (Å²) in [7, 11) is 2.45. The van der Waals surface area contributed by atoms with Gasteiger partial charge in [0.1, 0.15) is 17.6 Å². The number of rotatable bonds is 11. The number of aromatic hydroxyl groups is 1. The van der Waals surface area contributed by atoms with Gasteiger partial charge in [-0.05, 0) is 88.5 Å². The molecule has 0 amide bonds. The molecular weight excluding hydrogens is 609 g/mol. The number of hydrogen-bond acceptors (Lipinski definition) is 6. The number of ether oxygens (including phenoxy) is 3. The van der Waals surface area contributed by atoms with Gasteiger partial charge in [-0.2, -0.15) is 13.2 Å². The van der Waals surface area contributed by atoms with Gasteiger partial charge >= 0.3 is 12.1 Å². The highest BCUT2D eigenvalue weighted by Crippen LogP contribution is 2.64. The van der Waals surface area contributed by atoms with E-state index in [9.17, 15) is 28.2 Å². The number of methoxy groups -OCH3 is 2. The van der Waals surface area contributed by atoms with Gasteiger partial charge in [-0.1, -0.05) is 67.8 Å². The van der Waals surface area contributed by atoms with Crippen molar-refractivity contribution in [1.82, 2.24) is 0 Å². The molecule has 2 aliphatic rings. The van der Waals surface area contributed by atoms with E-state index in [0.717, 1.165) is 31.1 Å². The Kier molecular flexibility index (Phi) is 10.3. The third-order valence-electron chi connectivity index (χ3n) is 10.5. The molecular formula is C38H49F3O6. The molecule has 0 saturated heterocycles. The van der Waals surface area contributed by atoms with E-state index in [1.807, 2.05) is 26.8 Å². The SMILES string of the molecule is COc1cc(C)c(O)c(C/C=C(\C)CC2=C(CC(C)(C)O)[C@@H](OC(=O)C(OC)(c3ccccc3)C(F)(F)F)[C@@]3(C)CCC[C@]3(C)C2)c1. The summed E-state index contributed by atoms with van der Waals surface area (Å²) in [5, 5.41) is 21.8. The highest BCUT2D eigenvalue weighted by Gasteiger charge is 2.66. The van der Waals surface area contributed by atoms with Gasteiger partial charge < -0.3 is 24.4 Å². The van der Waals surface area contributed by atoms with E-state index in [1.165, 1.54) is 24.3 Å². The molecule has 1 unspecified atom stereocenters. The Hall–Kier alpha value is -3.30. The second kappa shape index (κ2) is 13.3. The lowest BCUT2D eigenvalue weighted by atomic mass is 9.55. The Morgan fingerprint density at radius 2 is 1.74 bits per heavy atom. The van der Waals surface area contributed by atoms with Gasteiger partial charge in [0.05, 0.1) is 12.7 Å². The first kappa shape index (κ1) is 36.5. The fourth-order valence-electron chi connectivity index (χ4n) is 7.75. The molecule has 4 atom stereocenters. The maximum Gasteiger partial charge on any atom is 0.432 e. The van der Waals surface area contributed by atoms with Gasteiger partial charge in [0.15, 0.2) is 0 Å². The molecule has 0 radical (unpaired) electrons. The van der Waals surface area contributed by atoms with Crippen LogP contribution in [0.5, 0.6) is 11.5 Å². The van der Waals surface area contributed by atoms with Crippen LogP contribution in [0.3, 0.4) is 0 Å². The predicted molar refractivity (Wildman–Crippen MR) is 175 cm³/mol. The summed E-state index contributed by atoms with van der Waals surface area (Å²) < 4.78 is 61.4. The van der Waals surface area contributed by atoms with Crippen LogP contribution in [0, 0.1) is 17.8 Å². The average Bonchev–Trinajstić information content (AvgIpc) is 3.29. The van der Waals surface area contributed by atoms with Crippen LogP contribution in [0.15, 0.2) is 65.3 Å². The van der Waals surface area contributed by atoms with Crippen molar-refractivity contribution in [3.05, 3.63) is 82.0 Å². The maximum absolute atomic E-state index is 14.9. The zero-order chi connectivity index (χ0) is 35.0. The fraction of sp³-hybridized carbons (Fsp3) is 0.553. The van der Waals surface area contributed by atoms with Crippen molar-refractivity contribution in [3.8, 4) is 11.5 Å². The lowest BCUT2D eigenvalue weighted by molar-refractivity contribution is -0.280. The highest BCUT2D eigenvalue weighted by molar-refractivity contribution is 5.83. The van der Waals surface area contributed by atoms with Crippen LogP contribution in [0.25, 0.3) is 0 Å². The van der Waals surface area contributed by atoms with E-state index in [2.05, 4.69) is 6.92 Å². The molecule has 1 saturated carbocycles. The Balaban J connectivity index is 1.81. The topological polar surface area (TPSA) is 85.2 Å². The van der Waals surface area contributed by atoms with Crippen LogP contribution >= 0.6 is 0 Å². The minimum atomic E-state index is -5.11. The first-order valence-electron chi connectivity index (χ1n) is 16.2. The molecule has 258 valence electrons. The zero-order valence-corrected chi connectivity index (χ0v) is 28.8. The summed E-state index contributed by atoms with van der Waals surface area (Å²) in [6, 6.07) is 10.4. The summed E-state index contributed by atoms with van der Waals surface area (Å²) >= 11 is 0. The number of phenolic OH excluding ortho intramolecular Hbond substituents is 1. The normalized spacial score (nSPS) is 24.9. The summed E-state index contributed by atoms with van der Waals surface area (Å²) in [4.78, 5) is 14.1. The fourth-order valence-corrected chi connectivity index (χ4v) is 7.75. The molecule has 6 nitrogen and oxygen atoms in total. The molecule has 2 N–H and O–H groups in total. The number of carbonyl (C=O) groups is 1. The highest BCUT2D eigenvalue weighted by atomic mass is 19.4. The third-order valence-corrected chi connectivity index (χ3v) is 10.5.